The minimum absolute atomic E-state index is 0.342. The molecule has 3 atom stereocenters. The summed E-state index contributed by atoms with van der Waals surface area (Å²) in [5.74, 6) is 1.39. The normalized spacial score (nSPS) is 26.2. The molecule has 1 aliphatic rings. The third-order valence-corrected chi connectivity index (χ3v) is 4.10. The highest BCUT2D eigenvalue weighted by molar-refractivity contribution is 5.95. The van der Waals surface area contributed by atoms with Crippen LogP contribution in [-0.2, 0) is 4.74 Å². The minimum Gasteiger partial charge on any atom is -0.465 e. The minimum atomic E-state index is -0.416. The molecule has 5 nitrogen and oxygen atoms in total. The van der Waals surface area contributed by atoms with Crippen molar-refractivity contribution in [3.63, 3.8) is 0 Å². The van der Waals surface area contributed by atoms with Gasteiger partial charge in [0.25, 0.3) is 0 Å². The fourth-order valence-electron chi connectivity index (χ4n) is 2.61. The molecule has 5 heteroatoms. The van der Waals surface area contributed by atoms with E-state index in [-0.39, 0.29) is 0 Å². The number of hydrogen-bond acceptors (Lipinski definition) is 5. The van der Waals surface area contributed by atoms with Gasteiger partial charge in [-0.3, -0.25) is 0 Å². The van der Waals surface area contributed by atoms with E-state index in [1.54, 1.807) is 12.3 Å². The van der Waals surface area contributed by atoms with Crippen LogP contribution in [0, 0.1) is 11.8 Å². The molecule has 0 amide bonds. The van der Waals surface area contributed by atoms with Crippen molar-refractivity contribution in [2.45, 2.75) is 32.7 Å². The van der Waals surface area contributed by atoms with Crippen LogP contribution in [0.3, 0.4) is 0 Å². The maximum absolute atomic E-state index is 11.7. The molecule has 1 heterocycles. The molecule has 3 unspecified atom stereocenters. The summed E-state index contributed by atoms with van der Waals surface area (Å²) >= 11 is 0. The van der Waals surface area contributed by atoms with Crippen LogP contribution in [0.1, 0.15) is 37.0 Å². The lowest BCUT2D eigenvalue weighted by atomic mass is 9.98. The third-order valence-electron chi connectivity index (χ3n) is 4.10. The Morgan fingerprint density at radius 2 is 2.21 bits per heavy atom. The largest absolute Gasteiger partial charge is 0.465 e. The van der Waals surface area contributed by atoms with Gasteiger partial charge in [0.15, 0.2) is 0 Å². The zero-order chi connectivity index (χ0) is 14.0. The molecule has 19 heavy (non-hydrogen) atoms. The molecule has 2 rings (SSSR count). The number of nitrogens with zero attached hydrogens (tertiary/aromatic N) is 1. The van der Waals surface area contributed by atoms with Crippen molar-refractivity contribution in [1.82, 2.24) is 4.98 Å². The molecule has 1 fully saturated rings. The topological polar surface area (TPSA) is 77.2 Å². The van der Waals surface area contributed by atoms with Crippen LogP contribution < -0.4 is 11.1 Å². The number of aromatic nitrogens is 1. The summed E-state index contributed by atoms with van der Waals surface area (Å²) in [4.78, 5) is 16.0. The first-order chi connectivity index (χ1) is 9.02. The molecule has 0 radical (unpaired) electrons. The summed E-state index contributed by atoms with van der Waals surface area (Å²) < 4.78 is 4.77. The van der Waals surface area contributed by atoms with Crippen LogP contribution >= 0.6 is 0 Å². The summed E-state index contributed by atoms with van der Waals surface area (Å²) in [6, 6.07) is 1.94. The number of hydrogen-bond donors (Lipinski definition) is 2. The van der Waals surface area contributed by atoms with Crippen LogP contribution in [0.25, 0.3) is 0 Å². The van der Waals surface area contributed by atoms with E-state index in [2.05, 4.69) is 24.1 Å². The van der Waals surface area contributed by atoms with Crippen molar-refractivity contribution in [2.24, 2.45) is 11.8 Å². The number of ether oxygens (including phenoxy) is 1. The van der Waals surface area contributed by atoms with Gasteiger partial charge in [-0.05, 0) is 30.7 Å². The Kier molecular flexibility index (Phi) is 3.93. The standard InChI is InChI=1S/C14H21N3O2/c1-8-4-5-12(9(8)2)17-13-11(14(18)19-3)6-10(15)7-16-13/h6-9,12H,4-5,15H2,1-3H3,(H,16,17). The second kappa shape index (κ2) is 5.47. The molecule has 0 aromatic carbocycles. The Hall–Kier alpha value is -1.78. The highest BCUT2D eigenvalue weighted by Gasteiger charge is 2.30. The van der Waals surface area contributed by atoms with Crippen molar-refractivity contribution in [3.8, 4) is 0 Å². The first-order valence-corrected chi connectivity index (χ1v) is 6.63. The Balaban J connectivity index is 2.22. The number of anilines is 2. The lowest BCUT2D eigenvalue weighted by molar-refractivity contribution is 0.0601. The Morgan fingerprint density at radius 1 is 1.47 bits per heavy atom. The number of nitrogens with two attached hydrogens (primary N) is 1. The fraction of sp³-hybridized carbons (Fsp3) is 0.571. The molecular formula is C14H21N3O2. The predicted octanol–water partition coefficient (Wildman–Crippen LogP) is 2.30. The summed E-state index contributed by atoms with van der Waals surface area (Å²) in [6.45, 7) is 4.48. The molecule has 0 aliphatic heterocycles. The lowest BCUT2D eigenvalue weighted by Crippen LogP contribution is -2.26. The van der Waals surface area contributed by atoms with Crippen molar-refractivity contribution in [1.29, 1.82) is 0 Å². The highest BCUT2D eigenvalue weighted by atomic mass is 16.5. The quantitative estimate of drug-likeness (QED) is 0.818. The van der Waals surface area contributed by atoms with Gasteiger partial charge in [-0.15, -0.1) is 0 Å². The number of nitrogens with one attached hydrogen (secondary N) is 1. The van der Waals surface area contributed by atoms with E-state index in [0.29, 0.717) is 34.9 Å². The molecule has 1 aromatic heterocycles. The number of carbonyl (C=O) groups is 1. The maximum atomic E-state index is 11.7. The van der Waals surface area contributed by atoms with Gasteiger partial charge >= 0.3 is 5.97 Å². The number of pyridine rings is 1. The van der Waals surface area contributed by atoms with Crippen molar-refractivity contribution < 1.29 is 9.53 Å². The van der Waals surface area contributed by atoms with Crippen LogP contribution in [0.15, 0.2) is 12.3 Å². The monoisotopic (exact) mass is 263 g/mol. The third kappa shape index (κ3) is 2.80. The van der Waals surface area contributed by atoms with Gasteiger partial charge in [-0.2, -0.15) is 0 Å². The summed E-state index contributed by atoms with van der Waals surface area (Å²) in [6.07, 6.45) is 3.84. The Morgan fingerprint density at radius 3 is 2.79 bits per heavy atom. The van der Waals surface area contributed by atoms with E-state index in [1.165, 1.54) is 13.5 Å². The second-order valence-corrected chi connectivity index (χ2v) is 5.32. The number of rotatable bonds is 3. The summed E-state index contributed by atoms with van der Waals surface area (Å²) in [7, 11) is 1.36. The van der Waals surface area contributed by atoms with E-state index in [1.807, 2.05) is 0 Å². The maximum Gasteiger partial charge on any atom is 0.341 e. The zero-order valence-corrected chi connectivity index (χ0v) is 11.6. The smallest absolute Gasteiger partial charge is 0.341 e. The van der Waals surface area contributed by atoms with Crippen LogP contribution in [0.5, 0.6) is 0 Å². The second-order valence-electron chi connectivity index (χ2n) is 5.32. The molecule has 0 bridgehead atoms. The van der Waals surface area contributed by atoms with Gasteiger partial charge in [0, 0.05) is 6.04 Å². The van der Waals surface area contributed by atoms with Gasteiger partial charge in [0.1, 0.15) is 11.4 Å². The van der Waals surface area contributed by atoms with E-state index >= 15 is 0 Å². The average Bonchev–Trinajstić information content (AvgIpc) is 2.71. The van der Waals surface area contributed by atoms with Gasteiger partial charge < -0.3 is 15.8 Å². The van der Waals surface area contributed by atoms with E-state index in [9.17, 15) is 4.79 Å². The first-order valence-electron chi connectivity index (χ1n) is 6.63. The van der Waals surface area contributed by atoms with Crippen LogP contribution in [-0.4, -0.2) is 24.1 Å². The van der Waals surface area contributed by atoms with Crippen molar-refractivity contribution >= 4 is 17.5 Å². The molecule has 3 N–H and O–H groups in total. The molecule has 1 aliphatic carbocycles. The number of nitrogen functional groups attached to an aromatic ring is 1. The van der Waals surface area contributed by atoms with Crippen molar-refractivity contribution in [3.05, 3.63) is 17.8 Å². The van der Waals surface area contributed by atoms with Crippen molar-refractivity contribution in [2.75, 3.05) is 18.2 Å². The number of carbonyl (C=O) groups excluding carboxylic acids is 1. The first kappa shape index (κ1) is 13.6. The van der Waals surface area contributed by atoms with Crippen LogP contribution in [0.4, 0.5) is 11.5 Å². The molecule has 104 valence electrons. The van der Waals surface area contributed by atoms with Crippen LogP contribution in [0.2, 0.25) is 0 Å². The molecule has 1 aromatic rings. The molecule has 1 saturated carbocycles. The van der Waals surface area contributed by atoms with Gasteiger partial charge in [0.05, 0.1) is 19.0 Å². The average molecular weight is 263 g/mol. The SMILES string of the molecule is COC(=O)c1cc(N)cnc1NC1CCC(C)C1C. The highest BCUT2D eigenvalue weighted by Crippen LogP contribution is 2.33. The molecule has 0 spiro atoms. The Bertz CT molecular complexity index is 476. The number of esters is 1. The van der Waals surface area contributed by atoms with Gasteiger partial charge in [-0.1, -0.05) is 13.8 Å². The Labute approximate surface area is 113 Å². The molecular weight excluding hydrogens is 242 g/mol. The zero-order valence-electron chi connectivity index (χ0n) is 11.6. The number of methoxy groups -OCH3 is 1. The van der Waals surface area contributed by atoms with Gasteiger partial charge in [0.2, 0.25) is 0 Å². The lowest BCUT2D eigenvalue weighted by Gasteiger charge is -2.21. The summed E-state index contributed by atoms with van der Waals surface area (Å²) in [5.41, 5.74) is 6.53. The van der Waals surface area contributed by atoms with E-state index in [0.717, 1.165) is 6.42 Å². The van der Waals surface area contributed by atoms with Gasteiger partial charge in [-0.25, -0.2) is 9.78 Å². The van der Waals surface area contributed by atoms with E-state index < -0.39 is 5.97 Å². The van der Waals surface area contributed by atoms with E-state index in [4.69, 9.17) is 10.5 Å². The fourth-order valence-corrected chi connectivity index (χ4v) is 2.61. The molecule has 0 saturated heterocycles. The predicted molar refractivity (Wildman–Crippen MR) is 75.0 cm³/mol. The summed E-state index contributed by atoms with van der Waals surface area (Å²) in [5, 5.41) is 3.36.